The minimum Gasteiger partial charge on any atom is -0.329 e. The van der Waals surface area contributed by atoms with Gasteiger partial charge in [0.05, 0.1) is 0 Å². The van der Waals surface area contributed by atoms with Crippen LogP contribution in [-0.4, -0.2) is 51.2 Å². The molecule has 0 aromatic carbocycles. The molecule has 1 aromatic rings. The number of H-pyrrole nitrogens is 1. The van der Waals surface area contributed by atoms with Crippen molar-refractivity contribution in [2.45, 2.75) is 45.2 Å². The Kier molecular flexibility index (Phi) is 3.05. The van der Waals surface area contributed by atoms with Crippen LogP contribution in [0.3, 0.4) is 0 Å². The Balaban J connectivity index is 1.82. The summed E-state index contributed by atoms with van der Waals surface area (Å²) in [5.41, 5.74) is 0. The van der Waals surface area contributed by atoms with Crippen LogP contribution in [0.1, 0.15) is 49.6 Å². The van der Waals surface area contributed by atoms with Gasteiger partial charge in [-0.25, -0.2) is 4.98 Å². The van der Waals surface area contributed by atoms with Gasteiger partial charge in [0, 0.05) is 31.1 Å². The van der Waals surface area contributed by atoms with E-state index in [-0.39, 0.29) is 17.9 Å². The minimum atomic E-state index is -0.0353. The Bertz CT molecular complexity index is 483. The van der Waals surface area contributed by atoms with E-state index in [0.717, 1.165) is 25.3 Å². The Morgan fingerprint density at radius 3 is 2.89 bits per heavy atom. The Morgan fingerprint density at radius 2 is 2.21 bits per heavy atom. The van der Waals surface area contributed by atoms with Crippen molar-refractivity contribution >= 4 is 5.91 Å². The molecule has 0 saturated carbocycles. The summed E-state index contributed by atoms with van der Waals surface area (Å²) < 4.78 is 0. The number of aromatic amines is 1. The Labute approximate surface area is 113 Å². The molecule has 2 aliphatic rings. The Morgan fingerprint density at radius 1 is 1.42 bits per heavy atom. The van der Waals surface area contributed by atoms with Gasteiger partial charge in [0.15, 0.2) is 0 Å². The van der Waals surface area contributed by atoms with E-state index in [0.29, 0.717) is 17.8 Å². The number of fused-ring (bicyclic) bond motifs is 1. The summed E-state index contributed by atoms with van der Waals surface area (Å²) in [6.45, 7) is 8.09. The summed E-state index contributed by atoms with van der Waals surface area (Å²) in [5.74, 6) is 1.89. The van der Waals surface area contributed by atoms with Crippen molar-refractivity contribution in [1.82, 2.24) is 25.4 Å². The highest BCUT2D eigenvalue weighted by molar-refractivity contribution is 5.91. The first-order chi connectivity index (χ1) is 9.08. The van der Waals surface area contributed by atoms with Gasteiger partial charge < -0.3 is 10.2 Å². The predicted octanol–water partition coefficient (Wildman–Crippen LogP) is 0.750. The molecule has 3 atom stereocenters. The maximum atomic E-state index is 12.6. The fraction of sp³-hybridized carbons (Fsp3) is 0.769. The summed E-state index contributed by atoms with van der Waals surface area (Å²) in [6.07, 6.45) is 1.07. The second-order valence-electron chi connectivity index (χ2n) is 5.98. The first-order valence-corrected chi connectivity index (χ1v) is 7.03. The van der Waals surface area contributed by atoms with E-state index in [1.54, 1.807) is 0 Å². The van der Waals surface area contributed by atoms with E-state index in [4.69, 9.17) is 0 Å². The second kappa shape index (κ2) is 4.59. The monoisotopic (exact) mass is 263 g/mol. The van der Waals surface area contributed by atoms with E-state index in [2.05, 4.69) is 27.4 Å². The first-order valence-electron chi connectivity index (χ1n) is 7.03. The standard InChI is InChI=1S/C13H21N5O/c1-7(2)11-15-12(17-16-11)13(19)18-8(3)4-9-5-14-6-10(9)18/h7-10,14H,4-6H2,1-3H3,(H,15,16,17). The Hall–Kier alpha value is -1.43. The highest BCUT2D eigenvalue weighted by Gasteiger charge is 2.45. The van der Waals surface area contributed by atoms with Gasteiger partial charge in [-0.05, 0) is 19.3 Å². The summed E-state index contributed by atoms with van der Waals surface area (Å²) in [4.78, 5) is 18.9. The SMILES string of the molecule is CC(C)c1nc(C(=O)N2C(C)CC3CNCC32)n[nH]1. The van der Waals surface area contributed by atoms with Crippen molar-refractivity contribution in [2.24, 2.45) is 5.92 Å². The molecule has 3 heterocycles. The van der Waals surface area contributed by atoms with Crippen LogP contribution in [0, 0.1) is 5.92 Å². The topological polar surface area (TPSA) is 73.9 Å². The fourth-order valence-corrected chi connectivity index (χ4v) is 3.26. The van der Waals surface area contributed by atoms with Gasteiger partial charge in [-0.1, -0.05) is 13.8 Å². The average molecular weight is 263 g/mol. The molecule has 3 rings (SSSR count). The van der Waals surface area contributed by atoms with Gasteiger partial charge in [-0.3, -0.25) is 9.89 Å². The van der Waals surface area contributed by atoms with Crippen LogP contribution >= 0.6 is 0 Å². The minimum absolute atomic E-state index is 0.0353. The smallest absolute Gasteiger partial charge is 0.294 e. The molecule has 2 saturated heterocycles. The van der Waals surface area contributed by atoms with Crippen LogP contribution in [-0.2, 0) is 0 Å². The van der Waals surface area contributed by atoms with Crippen LogP contribution in [0.25, 0.3) is 0 Å². The van der Waals surface area contributed by atoms with Crippen molar-refractivity contribution < 1.29 is 4.79 Å². The molecule has 0 bridgehead atoms. The number of nitrogens with one attached hydrogen (secondary N) is 2. The number of hydrogen-bond donors (Lipinski definition) is 2. The largest absolute Gasteiger partial charge is 0.329 e. The van der Waals surface area contributed by atoms with Crippen LogP contribution in [0.15, 0.2) is 0 Å². The van der Waals surface area contributed by atoms with Gasteiger partial charge in [-0.15, -0.1) is 5.10 Å². The number of carbonyl (C=O) groups excluding carboxylic acids is 1. The highest BCUT2D eigenvalue weighted by atomic mass is 16.2. The molecule has 2 aliphatic heterocycles. The van der Waals surface area contributed by atoms with Crippen molar-refractivity contribution in [3.8, 4) is 0 Å². The quantitative estimate of drug-likeness (QED) is 0.826. The molecule has 1 amide bonds. The zero-order chi connectivity index (χ0) is 13.6. The number of rotatable bonds is 2. The summed E-state index contributed by atoms with van der Waals surface area (Å²) in [5, 5.41) is 10.3. The molecule has 6 heteroatoms. The van der Waals surface area contributed by atoms with Gasteiger partial charge in [-0.2, -0.15) is 0 Å². The van der Waals surface area contributed by atoms with Crippen molar-refractivity contribution in [3.05, 3.63) is 11.6 Å². The van der Waals surface area contributed by atoms with Gasteiger partial charge >= 0.3 is 0 Å². The summed E-state index contributed by atoms with van der Waals surface area (Å²) in [6, 6.07) is 0.592. The molecule has 2 N–H and O–H groups in total. The maximum absolute atomic E-state index is 12.6. The van der Waals surface area contributed by atoms with E-state index in [1.165, 1.54) is 0 Å². The maximum Gasteiger partial charge on any atom is 0.294 e. The predicted molar refractivity (Wildman–Crippen MR) is 70.9 cm³/mol. The summed E-state index contributed by atoms with van der Waals surface area (Å²) in [7, 11) is 0. The summed E-state index contributed by atoms with van der Waals surface area (Å²) >= 11 is 0. The third-order valence-electron chi connectivity index (χ3n) is 4.26. The normalized spacial score (nSPS) is 30.1. The number of likely N-dealkylation sites (tertiary alicyclic amines) is 1. The third-order valence-corrected chi connectivity index (χ3v) is 4.26. The zero-order valence-corrected chi connectivity index (χ0v) is 11.7. The average Bonchev–Trinajstić information content (AvgIpc) is 3.01. The molecule has 3 unspecified atom stereocenters. The second-order valence-corrected chi connectivity index (χ2v) is 5.98. The van der Waals surface area contributed by atoms with Gasteiger partial charge in [0.2, 0.25) is 5.82 Å². The lowest BCUT2D eigenvalue weighted by Crippen LogP contribution is -2.43. The molecule has 2 fully saturated rings. The highest BCUT2D eigenvalue weighted by Crippen LogP contribution is 2.32. The molecular formula is C13H21N5O. The zero-order valence-electron chi connectivity index (χ0n) is 11.7. The lowest BCUT2D eigenvalue weighted by atomic mass is 10.0. The van der Waals surface area contributed by atoms with Gasteiger partial charge in [0.25, 0.3) is 5.91 Å². The number of nitrogens with zero attached hydrogens (tertiary/aromatic N) is 3. The number of amides is 1. The number of aromatic nitrogens is 3. The van der Waals surface area contributed by atoms with E-state index < -0.39 is 0 Å². The van der Waals surface area contributed by atoms with Crippen molar-refractivity contribution in [2.75, 3.05) is 13.1 Å². The molecule has 1 aromatic heterocycles. The number of carbonyl (C=O) groups is 1. The molecule has 6 nitrogen and oxygen atoms in total. The third kappa shape index (κ3) is 2.04. The van der Waals surface area contributed by atoms with Crippen LogP contribution in [0.4, 0.5) is 0 Å². The number of hydrogen-bond acceptors (Lipinski definition) is 4. The lowest BCUT2D eigenvalue weighted by molar-refractivity contribution is 0.0670. The van der Waals surface area contributed by atoms with Crippen molar-refractivity contribution in [3.63, 3.8) is 0 Å². The molecule has 0 aliphatic carbocycles. The lowest BCUT2D eigenvalue weighted by Gasteiger charge is -2.26. The van der Waals surface area contributed by atoms with E-state index in [9.17, 15) is 4.79 Å². The van der Waals surface area contributed by atoms with E-state index in [1.807, 2.05) is 18.7 Å². The van der Waals surface area contributed by atoms with Crippen LogP contribution in [0.2, 0.25) is 0 Å². The molecule has 0 radical (unpaired) electrons. The van der Waals surface area contributed by atoms with Crippen LogP contribution in [0.5, 0.6) is 0 Å². The van der Waals surface area contributed by atoms with Crippen LogP contribution < -0.4 is 5.32 Å². The molecular weight excluding hydrogens is 242 g/mol. The fourth-order valence-electron chi connectivity index (χ4n) is 3.26. The van der Waals surface area contributed by atoms with E-state index >= 15 is 0 Å². The molecule has 104 valence electrons. The molecule has 19 heavy (non-hydrogen) atoms. The molecule has 0 spiro atoms. The first kappa shape index (κ1) is 12.6. The van der Waals surface area contributed by atoms with Crippen molar-refractivity contribution in [1.29, 1.82) is 0 Å². The van der Waals surface area contributed by atoms with Gasteiger partial charge in [0.1, 0.15) is 5.82 Å².